The number of hydrogen-bond donors (Lipinski definition) is 1. The fourth-order valence-corrected chi connectivity index (χ4v) is 1.85. The second kappa shape index (κ2) is 4.96. The summed E-state index contributed by atoms with van der Waals surface area (Å²) >= 11 is 11.6. The Morgan fingerprint density at radius 3 is 2.72 bits per heavy atom. The summed E-state index contributed by atoms with van der Waals surface area (Å²) in [6, 6.07) is 3.18. The Morgan fingerprint density at radius 2 is 2.11 bits per heavy atom. The van der Waals surface area contributed by atoms with Crippen LogP contribution >= 0.6 is 23.2 Å². The molecule has 1 amide bonds. The Balaban J connectivity index is 2.27. The zero-order valence-electron chi connectivity index (χ0n) is 9.74. The number of halogens is 2. The average molecular weight is 285 g/mol. The van der Waals surface area contributed by atoms with Gasteiger partial charge in [-0.15, -0.1) is 0 Å². The number of rotatable bonds is 2. The molecule has 0 aliphatic rings. The zero-order chi connectivity index (χ0) is 13.3. The molecule has 0 aliphatic heterocycles. The van der Waals surface area contributed by atoms with Gasteiger partial charge in [-0.2, -0.15) is 5.10 Å². The van der Waals surface area contributed by atoms with Gasteiger partial charge in [0.2, 0.25) is 0 Å². The average Bonchev–Trinajstić information content (AvgIpc) is 2.61. The summed E-state index contributed by atoms with van der Waals surface area (Å²) in [6.45, 7) is 1.84. The van der Waals surface area contributed by atoms with Gasteiger partial charge in [0.05, 0.1) is 16.3 Å². The van der Waals surface area contributed by atoms with Crippen molar-refractivity contribution >= 4 is 34.9 Å². The lowest BCUT2D eigenvalue weighted by atomic mass is 10.2. The van der Waals surface area contributed by atoms with Crippen molar-refractivity contribution in [1.29, 1.82) is 0 Å². The van der Waals surface area contributed by atoms with E-state index in [0.29, 0.717) is 5.82 Å². The van der Waals surface area contributed by atoms with E-state index in [1.54, 1.807) is 17.8 Å². The topological polar surface area (TPSA) is 59.8 Å². The lowest BCUT2D eigenvalue weighted by Gasteiger charge is -2.06. The van der Waals surface area contributed by atoms with Crippen LogP contribution in [0.5, 0.6) is 0 Å². The van der Waals surface area contributed by atoms with Crippen molar-refractivity contribution in [1.82, 2.24) is 14.8 Å². The van der Waals surface area contributed by atoms with Crippen molar-refractivity contribution in [3.63, 3.8) is 0 Å². The van der Waals surface area contributed by atoms with Crippen molar-refractivity contribution in [3.05, 3.63) is 39.8 Å². The van der Waals surface area contributed by atoms with Crippen molar-refractivity contribution in [2.24, 2.45) is 7.05 Å². The van der Waals surface area contributed by atoms with Crippen LogP contribution in [0, 0.1) is 6.92 Å². The highest BCUT2D eigenvalue weighted by Gasteiger charge is 2.13. The van der Waals surface area contributed by atoms with Gasteiger partial charge in [0.15, 0.2) is 0 Å². The van der Waals surface area contributed by atoms with Crippen LogP contribution in [0.25, 0.3) is 0 Å². The maximum atomic E-state index is 12.0. The lowest BCUT2D eigenvalue weighted by Crippen LogP contribution is -2.15. The summed E-state index contributed by atoms with van der Waals surface area (Å²) < 4.78 is 1.57. The molecule has 0 unspecified atom stereocenters. The molecule has 2 aromatic rings. The van der Waals surface area contributed by atoms with Crippen LogP contribution in [0.15, 0.2) is 18.3 Å². The maximum absolute atomic E-state index is 12.0. The molecule has 0 radical (unpaired) electrons. The Labute approximate surface area is 114 Å². The third kappa shape index (κ3) is 2.63. The third-order valence-electron chi connectivity index (χ3n) is 2.31. The molecule has 1 N–H and O–H groups in total. The first kappa shape index (κ1) is 12.9. The molecule has 2 aromatic heterocycles. The number of amides is 1. The third-order valence-corrected chi connectivity index (χ3v) is 2.82. The number of nitrogens with zero attached hydrogens (tertiary/aromatic N) is 3. The minimum Gasteiger partial charge on any atom is -0.307 e. The van der Waals surface area contributed by atoms with Gasteiger partial charge >= 0.3 is 0 Å². The van der Waals surface area contributed by atoms with Crippen molar-refractivity contribution < 1.29 is 4.79 Å². The Kier molecular flexibility index (Phi) is 3.54. The Hall–Kier alpha value is -1.59. The van der Waals surface area contributed by atoms with E-state index in [1.807, 2.05) is 6.92 Å². The van der Waals surface area contributed by atoms with Crippen molar-refractivity contribution in [2.75, 3.05) is 5.32 Å². The van der Waals surface area contributed by atoms with E-state index in [-0.39, 0.29) is 21.6 Å². The second-order valence-electron chi connectivity index (χ2n) is 3.74. The van der Waals surface area contributed by atoms with Crippen LogP contribution in [0.4, 0.5) is 5.82 Å². The summed E-state index contributed by atoms with van der Waals surface area (Å²) in [7, 11) is 1.74. The van der Waals surface area contributed by atoms with Crippen LogP contribution in [0.2, 0.25) is 10.2 Å². The molecular formula is C11H10Cl2N4O. The number of aryl methyl sites for hydroxylation is 2. The molecular weight excluding hydrogens is 275 g/mol. The van der Waals surface area contributed by atoms with E-state index in [9.17, 15) is 4.79 Å². The number of nitrogens with one attached hydrogen (secondary N) is 1. The molecule has 0 bridgehead atoms. The summed E-state index contributed by atoms with van der Waals surface area (Å²) in [5.74, 6) is 0.230. The van der Waals surface area contributed by atoms with Crippen LogP contribution in [0.3, 0.4) is 0 Å². The number of carbonyl (C=O) groups is 1. The molecule has 18 heavy (non-hydrogen) atoms. The van der Waals surface area contributed by atoms with Gasteiger partial charge in [-0.25, -0.2) is 4.98 Å². The molecule has 94 valence electrons. The van der Waals surface area contributed by atoms with E-state index in [1.165, 1.54) is 12.3 Å². The smallest absolute Gasteiger partial charge is 0.258 e. The molecule has 2 rings (SSSR count). The molecule has 0 saturated carbocycles. The molecule has 7 heteroatoms. The summed E-state index contributed by atoms with van der Waals surface area (Å²) in [6.07, 6.45) is 1.34. The fraction of sp³-hybridized carbons (Fsp3) is 0.182. The van der Waals surface area contributed by atoms with E-state index >= 15 is 0 Å². The minimum atomic E-state index is -0.354. The molecule has 0 fully saturated rings. The molecule has 0 spiro atoms. The molecule has 5 nitrogen and oxygen atoms in total. The highest BCUT2D eigenvalue weighted by molar-refractivity contribution is 6.35. The van der Waals surface area contributed by atoms with E-state index in [0.717, 1.165) is 5.69 Å². The van der Waals surface area contributed by atoms with Crippen LogP contribution in [-0.2, 0) is 7.05 Å². The molecule has 0 aliphatic carbocycles. The van der Waals surface area contributed by atoms with E-state index < -0.39 is 0 Å². The van der Waals surface area contributed by atoms with Gasteiger partial charge < -0.3 is 5.32 Å². The van der Waals surface area contributed by atoms with Gasteiger partial charge in [-0.3, -0.25) is 9.48 Å². The number of carbonyl (C=O) groups excluding carboxylic acids is 1. The number of hydrogen-bond acceptors (Lipinski definition) is 3. The molecule has 2 heterocycles. The first-order valence-electron chi connectivity index (χ1n) is 5.10. The number of aromatic nitrogens is 3. The quantitative estimate of drug-likeness (QED) is 0.863. The highest BCUT2D eigenvalue weighted by atomic mass is 35.5. The van der Waals surface area contributed by atoms with Gasteiger partial charge in [0, 0.05) is 19.3 Å². The molecule has 0 aromatic carbocycles. The van der Waals surface area contributed by atoms with Gasteiger partial charge in [0.25, 0.3) is 5.91 Å². The number of pyridine rings is 1. The van der Waals surface area contributed by atoms with Crippen LogP contribution < -0.4 is 5.32 Å². The monoisotopic (exact) mass is 284 g/mol. The second-order valence-corrected chi connectivity index (χ2v) is 4.53. The first-order valence-corrected chi connectivity index (χ1v) is 5.86. The summed E-state index contributed by atoms with van der Waals surface area (Å²) in [5.41, 5.74) is 1.09. The maximum Gasteiger partial charge on any atom is 0.258 e. The zero-order valence-corrected chi connectivity index (χ0v) is 11.2. The standard InChI is InChI=1S/C11H10Cl2N4O/c1-6-3-10(17(2)16-6)15-11(18)7-4-9(13)14-5-8(7)12/h3-5H,1-2H3,(H,15,18). The highest BCUT2D eigenvalue weighted by Crippen LogP contribution is 2.19. The van der Waals surface area contributed by atoms with E-state index in [2.05, 4.69) is 15.4 Å². The first-order chi connectivity index (χ1) is 8.47. The Morgan fingerprint density at radius 1 is 1.39 bits per heavy atom. The SMILES string of the molecule is Cc1cc(NC(=O)c2cc(Cl)ncc2Cl)n(C)n1. The normalized spacial score (nSPS) is 10.4. The molecule has 0 saturated heterocycles. The van der Waals surface area contributed by atoms with Crippen LogP contribution in [0.1, 0.15) is 16.1 Å². The van der Waals surface area contributed by atoms with Crippen molar-refractivity contribution in [2.45, 2.75) is 6.92 Å². The Bertz CT molecular complexity index is 609. The van der Waals surface area contributed by atoms with Crippen molar-refractivity contribution in [3.8, 4) is 0 Å². The predicted molar refractivity (Wildman–Crippen MR) is 70.2 cm³/mol. The molecule has 0 atom stereocenters. The number of anilines is 1. The largest absolute Gasteiger partial charge is 0.307 e. The predicted octanol–water partition coefficient (Wildman–Crippen LogP) is 2.68. The van der Waals surface area contributed by atoms with Gasteiger partial charge in [-0.05, 0) is 13.0 Å². The van der Waals surface area contributed by atoms with Gasteiger partial charge in [-0.1, -0.05) is 23.2 Å². The summed E-state index contributed by atoms with van der Waals surface area (Å²) in [5, 5.41) is 7.29. The minimum absolute atomic E-state index is 0.214. The lowest BCUT2D eigenvalue weighted by molar-refractivity contribution is 0.102. The van der Waals surface area contributed by atoms with Crippen LogP contribution in [-0.4, -0.2) is 20.7 Å². The fourth-order valence-electron chi connectivity index (χ4n) is 1.50. The van der Waals surface area contributed by atoms with Gasteiger partial charge in [0.1, 0.15) is 11.0 Å². The van der Waals surface area contributed by atoms with E-state index in [4.69, 9.17) is 23.2 Å². The summed E-state index contributed by atoms with van der Waals surface area (Å²) in [4.78, 5) is 15.8.